The summed E-state index contributed by atoms with van der Waals surface area (Å²) in [5.74, 6) is -1.49. The van der Waals surface area contributed by atoms with Gasteiger partial charge in [-0.3, -0.25) is 4.55 Å². The SMILES string of the molecule is O=C(O)c1ccc(N=Nc2ccc(N=Nc3c(S(=O)(=O)O)cc4cc(N=Nc5ccc(O)cc5)ccc4c3O)cc2)cc1. The molecule has 0 spiro atoms. The molecule has 0 aromatic heterocycles. The second-order valence-corrected chi connectivity index (χ2v) is 10.3. The molecule has 0 aliphatic carbocycles. The number of phenols is 2. The number of hydrogen-bond acceptors (Lipinski definition) is 11. The molecule has 0 amide bonds. The van der Waals surface area contributed by atoms with Crippen LogP contribution in [0.1, 0.15) is 10.4 Å². The lowest BCUT2D eigenvalue weighted by Crippen LogP contribution is -1.99. The lowest BCUT2D eigenvalue weighted by Gasteiger charge is -2.09. The number of nitrogens with zero attached hydrogens (tertiary/aromatic N) is 6. The molecule has 4 N–H and O–H groups in total. The van der Waals surface area contributed by atoms with Crippen molar-refractivity contribution in [3.05, 3.63) is 103 Å². The molecule has 0 heterocycles. The Morgan fingerprint density at radius 1 is 0.581 bits per heavy atom. The second-order valence-electron chi connectivity index (χ2n) is 8.94. The van der Waals surface area contributed by atoms with Gasteiger partial charge in [-0.25, -0.2) is 4.79 Å². The highest BCUT2D eigenvalue weighted by atomic mass is 32.2. The van der Waals surface area contributed by atoms with E-state index in [1.807, 2.05) is 0 Å². The van der Waals surface area contributed by atoms with Crippen molar-refractivity contribution in [1.29, 1.82) is 0 Å². The largest absolute Gasteiger partial charge is 0.508 e. The third-order valence-electron chi connectivity index (χ3n) is 5.95. The summed E-state index contributed by atoms with van der Waals surface area (Å²) in [4.78, 5) is 10.3. The zero-order valence-corrected chi connectivity index (χ0v) is 22.7. The normalized spacial score (nSPS) is 12.1. The third kappa shape index (κ3) is 6.90. The molecular weight excluding hydrogens is 576 g/mol. The minimum absolute atomic E-state index is 0.0771. The van der Waals surface area contributed by atoms with Gasteiger partial charge in [-0.15, -0.1) is 5.11 Å². The van der Waals surface area contributed by atoms with Crippen LogP contribution in [0.15, 0.2) is 133 Å². The highest BCUT2D eigenvalue weighted by Gasteiger charge is 2.22. The van der Waals surface area contributed by atoms with Gasteiger partial charge >= 0.3 is 5.97 Å². The third-order valence-corrected chi connectivity index (χ3v) is 6.82. The lowest BCUT2D eigenvalue weighted by atomic mass is 10.1. The number of carbonyl (C=O) groups is 1. The van der Waals surface area contributed by atoms with E-state index in [0.29, 0.717) is 22.7 Å². The maximum Gasteiger partial charge on any atom is 0.335 e. The second kappa shape index (κ2) is 11.9. The fraction of sp³-hybridized carbons (Fsp3) is 0. The molecule has 0 bridgehead atoms. The van der Waals surface area contributed by atoms with E-state index in [0.717, 1.165) is 6.07 Å². The molecule has 0 saturated heterocycles. The predicted octanol–water partition coefficient (Wildman–Crippen LogP) is 8.44. The van der Waals surface area contributed by atoms with Crippen LogP contribution in [0.25, 0.3) is 10.8 Å². The molecule has 43 heavy (non-hydrogen) atoms. The summed E-state index contributed by atoms with van der Waals surface area (Å²) >= 11 is 0. The Labute approximate surface area is 243 Å². The van der Waals surface area contributed by atoms with Crippen LogP contribution in [0.5, 0.6) is 11.5 Å². The number of benzene rings is 5. The van der Waals surface area contributed by atoms with Crippen LogP contribution in [0, 0.1) is 0 Å². The highest BCUT2D eigenvalue weighted by Crippen LogP contribution is 2.42. The maximum absolute atomic E-state index is 12.2. The van der Waals surface area contributed by atoms with E-state index in [1.54, 1.807) is 30.3 Å². The average Bonchev–Trinajstić information content (AvgIpc) is 2.99. The number of azo groups is 3. The van der Waals surface area contributed by atoms with Crippen LogP contribution in [0.4, 0.5) is 34.1 Å². The number of hydrogen-bond donors (Lipinski definition) is 4. The monoisotopic (exact) mass is 596 g/mol. The van der Waals surface area contributed by atoms with Crippen molar-refractivity contribution in [1.82, 2.24) is 0 Å². The van der Waals surface area contributed by atoms with Crippen molar-refractivity contribution in [3.8, 4) is 11.5 Å². The maximum atomic E-state index is 12.2. The van der Waals surface area contributed by atoms with Crippen LogP contribution in [-0.2, 0) is 10.1 Å². The van der Waals surface area contributed by atoms with Gasteiger partial charge in [0, 0.05) is 5.39 Å². The van der Waals surface area contributed by atoms with Crippen molar-refractivity contribution in [2.75, 3.05) is 0 Å². The summed E-state index contributed by atoms with van der Waals surface area (Å²) in [6.07, 6.45) is 0. The number of aromatic carboxylic acids is 1. The predicted molar refractivity (Wildman–Crippen MR) is 156 cm³/mol. The van der Waals surface area contributed by atoms with Gasteiger partial charge in [0.15, 0.2) is 5.75 Å². The van der Waals surface area contributed by atoms with E-state index in [4.69, 9.17) is 5.11 Å². The van der Waals surface area contributed by atoms with Crippen LogP contribution >= 0.6 is 0 Å². The molecule has 0 atom stereocenters. The number of carboxylic acids is 1. The first kappa shape index (κ1) is 28.7. The van der Waals surface area contributed by atoms with Gasteiger partial charge in [0.25, 0.3) is 10.1 Å². The fourth-order valence-electron chi connectivity index (χ4n) is 3.81. The van der Waals surface area contributed by atoms with Gasteiger partial charge < -0.3 is 15.3 Å². The fourth-order valence-corrected chi connectivity index (χ4v) is 4.47. The zero-order chi connectivity index (χ0) is 30.6. The molecule has 0 aliphatic rings. The number of fused-ring (bicyclic) bond motifs is 1. The molecule has 5 aromatic rings. The summed E-state index contributed by atoms with van der Waals surface area (Å²) in [7, 11) is -4.82. The van der Waals surface area contributed by atoms with Crippen LogP contribution in [0.3, 0.4) is 0 Å². The van der Waals surface area contributed by atoms with E-state index in [1.165, 1.54) is 60.7 Å². The Hall–Kier alpha value is -5.86. The van der Waals surface area contributed by atoms with Gasteiger partial charge in [-0.2, -0.15) is 34.0 Å². The zero-order valence-electron chi connectivity index (χ0n) is 21.8. The quantitative estimate of drug-likeness (QED) is 0.101. The molecule has 0 fully saturated rings. The minimum atomic E-state index is -4.82. The molecule has 0 saturated carbocycles. The summed E-state index contributed by atoms with van der Waals surface area (Å²) in [6.45, 7) is 0. The Balaban J connectivity index is 1.40. The van der Waals surface area contributed by atoms with Crippen molar-refractivity contribution >= 4 is 61.0 Å². The number of carboxylic acid groups (broad SMARTS) is 1. The first-order valence-electron chi connectivity index (χ1n) is 12.3. The molecule has 0 radical (unpaired) electrons. The Kier molecular flexibility index (Phi) is 7.96. The Bertz CT molecular complexity index is 2030. The smallest absolute Gasteiger partial charge is 0.335 e. The van der Waals surface area contributed by atoms with Gasteiger partial charge in [0.2, 0.25) is 0 Å². The minimum Gasteiger partial charge on any atom is -0.508 e. The number of aromatic hydroxyl groups is 2. The van der Waals surface area contributed by atoms with Gasteiger partial charge in [-0.05, 0) is 102 Å². The van der Waals surface area contributed by atoms with Gasteiger partial charge in [0.1, 0.15) is 16.3 Å². The average molecular weight is 597 g/mol. The first-order chi connectivity index (χ1) is 20.6. The first-order valence-corrected chi connectivity index (χ1v) is 13.8. The van der Waals surface area contributed by atoms with Gasteiger partial charge in [-0.1, -0.05) is 0 Å². The van der Waals surface area contributed by atoms with E-state index < -0.39 is 32.4 Å². The van der Waals surface area contributed by atoms with Crippen LogP contribution in [0.2, 0.25) is 0 Å². The lowest BCUT2D eigenvalue weighted by molar-refractivity contribution is 0.0697. The van der Waals surface area contributed by atoms with Crippen molar-refractivity contribution < 1.29 is 33.1 Å². The summed E-state index contributed by atoms with van der Waals surface area (Å²) in [5.41, 5.74) is 1.67. The van der Waals surface area contributed by atoms with Crippen LogP contribution < -0.4 is 0 Å². The standard InChI is InChI=1S/C29H20N6O7S/c36-24-12-9-22(10-13-24)32-34-23-11-14-25-18(15-23)16-26(43(40,41)42)27(28(25)37)35-33-21-7-5-20(6-8-21)31-30-19-3-1-17(2-4-19)29(38)39/h1-16,36-37H,(H,38,39)(H,40,41,42). The van der Waals surface area contributed by atoms with Crippen LogP contribution in [-0.4, -0.2) is 34.3 Å². The molecule has 214 valence electrons. The molecule has 0 unspecified atom stereocenters. The number of phenolic OH excluding ortho intramolecular Hbond substituents is 2. The van der Waals surface area contributed by atoms with Gasteiger partial charge in [0.05, 0.1) is 34.0 Å². The summed E-state index contributed by atoms with van der Waals surface area (Å²) < 4.78 is 34.3. The summed E-state index contributed by atoms with van der Waals surface area (Å²) in [6, 6.07) is 23.7. The molecule has 5 rings (SSSR count). The summed E-state index contributed by atoms with van der Waals surface area (Å²) in [5, 5.41) is 53.9. The molecule has 5 aromatic carbocycles. The van der Waals surface area contributed by atoms with E-state index in [9.17, 15) is 28.0 Å². The van der Waals surface area contributed by atoms with Crippen molar-refractivity contribution in [3.63, 3.8) is 0 Å². The topological polar surface area (TPSA) is 206 Å². The Morgan fingerprint density at radius 3 is 1.53 bits per heavy atom. The Morgan fingerprint density at radius 2 is 1.02 bits per heavy atom. The van der Waals surface area contributed by atoms with Crippen molar-refractivity contribution in [2.45, 2.75) is 4.90 Å². The highest BCUT2D eigenvalue weighted by molar-refractivity contribution is 7.86. The van der Waals surface area contributed by atoms with E-state index >= 15 is 0 Å². The van der Waals surface area contributed by atoms with Crippen molar-refractivity contribution in [2.24, 2.45) is 30.7 Å². The molecule has 0 aliphatic heterocycles. The molecule has 13 nitrogen and oxygen atoms in total. The number of rotatable bonds is 8. The molecule has 14 heteroatoms. The van der Waals surface area contributed by atoms with E-state index in [2.05, 4.69) is 30.7 Å². The molecular formula is C29H20N6O7S. The van der Waals surface area contributed by atoms with E-state index in [-0.39, 0.29) is 27.8 Å².